The van der Waals surface area contributed by atoms with Gasteiger partial charge in [0.15, 0.2) is 0 Å². The quantitative estimate of drug-likeness (QED) is 0.442. The zero-order valence-corrected chi connectivity index (χ0v) is 19.7. The number of thioether (sulfide) groups is 1. The molecule has 5 rings (SSSR count). The van der Waals surface area contributed by atoms with Gasteiger partial charge in [0, 0.05) is 29.2 Å². The normalized spacial score (nSPS) is 15.0. The summed E-state index contributed by atoms with van der Waals surface area (Å²) in [6, 6.07) is 23.1. The molecule has 34 heavy (non-hydrogen) atoms. The van der Waals surface area contributed by atoms with Crippen LogP contribution in [0.4, 0.5) is 0 Å². The summed E-state index contributed by atoms with van der Waals surface area (Å²) in [7, 11) is 1.61. The molecular weight excluding hydrogens is 446 g/mol. The molecule has 0 radical (unpaired) electrons. The second-order valence-corrected chi connectivity index (χ2v) is 9.32. The Labute approximate surface area is 202 Å². The lowest BCUT2D eigenvalue weighted by Gasteiger charge is -2.25. The van der Waals surface area contributed by atoms with Gasteiger partial charge in [-0.2, -0.15) is 0 Å². The van der Waals surface area contributed by atoms with Gasteiger partial charge in [-0.1, -0.05) is 30.3 Å². The second kappa shape index (κ2) is 9.73. The molecule has 1 amide bonds. The molecule has 0 fully saturated rings. The zero-order chi connectivity index (χ0) is 23.5. The van der Waals surface area contributed by atoms with E-state index in [0.717, 1.165) is 34.7 Å². The van der Waals surface area contributed by atoms with E-state index in [4.69, 9.17) is 4.74 Å². The highest BCUT2D eigenvalue weighted by Crippen LogP contribution is 2.35. The molecule has 172 valence electrons. The summed E-state index contributed by atoms with van der Waals surface area (Å²) >= 11 is 1.82. The first-order valence-corrected chi connectivity index (χ1v) is 12.3. The number of nitrogens with zero attached hydrogens (tertiary/aromatic N) is 2. The zero-order valence-electron chi connectivity index (χ0n) is 18.9. The molecule has 1 N–H and O–H groups in total. The fraction of sp³-hybridized carbons (Fsp3) is 0.222. The van der Waals surface area contributed by atoms with Crippen LogP contribution in [-0.2, 0) is 11.2 Å². The SMILES string of the molecule is COc1ccc(-n2c(=O)c(CCC(=O)NC3CCSc4ccccc43)nc3ccccc32)cc1. The predicted octanol–water partition coefficient (Wildman–Crippen LogP) is 4.68. The van der Waals surface area contributed by atoms with E-state index in [9.17, 15) is 9.59 Å². The number of hydrogen-bond acceptors (Lipinski definition) is 5. The van der Waals surface area contributed by atoms with Crippen LogP contribution in [-0.4, -0.2) is 28.3 Å². The van der Waals surface area contributed by atoms with Crippen molar-refractivity contribution in [2.75, 3.05) is 12.9 Å². The number of rotatable bonds is 6. The number of aromatic nitrogens is 2. The predicted molar refractivity (Wildman–Crippen MR) is 135 cm³/mol. The molecule has 3 aromatic carbocycles. The summed E-state index contributed by atoms with van der Waals surface area (Å²) in [4.78, 5) is 32.1. The monoisotopic (exact) mass is 471 g/mol. The van der Waals surface area contributed by atoms with Crippen molar-refractivity contribution < 1.29 is 9.53 Å². The van der Waals surface area contributed by atoms with E-state index in [0.29, 0.717) is 11.2 Å². The first-order valence-electron chi connectivity index (χ1n) is 11.3. The molecule has 0 spiro atoms. The minimum atomic E-state index is -0.212. The molecule has 6 nitrogen and oxygen atoms in total. The minimum Gasteiger partial charge on any atom is -0.497 e. The van der Waals surface area contributed by atoms with Gasteiger partial charge in [-0.25, -0.2) is 4.98 Å². The summed E-state index contributed by atoms with van der Waals surface area (Å²) in [6.07, 6.45) is 1.37. The van der Waals surface area contributed by atoms with Gasteiger partial charge in [-0.3, -0.25) is 14.2 Å². The Morgan fingerprint density at radius 1 is 1.09 bits per heavy atom. The van der Waals surface area contributed by atoms with Crippen molar-refractivity contribution >= 4 is 28.7 Å². The standard InChI is InChI=1S/C27H25N3O3S/c1-33-19-12-10-18(11-13-19)30-24-8-4-3-7-22(24)28-23(27(30)32)14-15-26(31)29-21-16-17-34-25-9-5-2-6-20(21)25/h2-13,21H,14-17H2,1H3,(H,29,31). The lowest BCUT2D eigenvalue weighted by atomic mass is 10.0. The number of carbonyl (C=O) groups excluding carboxylic acids is 1. The van der Waals surface area contributed by atoms with Crippen LogP contribution in [0.15, 0.2) is 82.5 Å². The summed E-state index contributed by atoms with van der Waals surface area (Å²) in [6.45, 7) is 0. The molecule has 1 atom stereocenters. The van der Waals surface area contributed by atoms with Crippen LogP contribution in [0.2, 0.25) is 0 Å². The third kappa shape index (κ3) is 4.43. The number of aryl methyl sites for hydroxylation is 1. The Kier molecular flexibility index (Phi) is 6.36. The Morgan fingerprint density at radius 3 is 2.68 bits per heavy atom. The van der Waals surface area contributed by atoms with E-state index in [1.54, 1.807) is 11.7 Å². The minimum absolute atomic E-state index is 0.00506. The van der Waals surface area contributed by atoms with E-state index < -0.39 is 0 Å². The maximum atomic E-state index is 13.4. The smallest absolute Gasteiger partial charge is 0.277 e. The highest BCUT2D eigenvalue weighted by molar-refractivity contribution is 7.99. The number of amides is 1. The van der Waals surface area contributed by atoms with Gasteiger partial charge in [0.1, 0.15) is 11.4 Å². The van der Waals surface area contributed by atoms with E-state index >= 15 is 0 Å². The van der Waals surface area contributed by atoms with Crippen molar-refractivity contribution in [2.24, 2.45) is 0 Å². The van der Waals surface area contributed by atoms with Crippen LogP contribution in [0.1, 0.15) is 30.1 Å². The van der Waals surface area contributed by atoms with Crippen molar-refractivity contribution in [3.8, 4) is 11.4 Å². The van der Waals surface area contributed by atoms with Gasteiger partial charge in [-0.05, 0) is 54.4 Å². The van der Waals surface area contributed by atoms with Crippen LogP contribution in [0, 0.1) is 0 Å². The summed E-state index contributed by atoms with van der Waals surface area (Å²) < 4.78 is 6.91. The van der Waals surface area contributed by atoms with Gasteiger partial charge < -0.3 is 10.1 Å². The van der Waals surface area contributed by atoms with E-state index in [-0.39, 0.29) is 30.3 Å². The van der Waals surface area contributed by atoms with Crippen LogP contribution in [0.5, 0.6) is 5.75 Å². The van der Waals surface area contributed by atoms with Crippen molar-refractivity contribution in [2.45, 2.75) is 30.2 Å². The fourth-order valence-corrected chi connectivity index (χ4v) is 5.45. The van der Waals surface area contributed by atoms with E-state index in [1.165, 1.54) is 4.90 Å². The molecule has 4 aromatic rings. The summed E-state index contributed by atoms with van der Waals surface area (Å²) in [5, 5.41) is 3.16. The second-order valence-electron chi connectivity index (χ2n) is 8.18. The highest BCUT2D eigenvalue weighted by atomic mass is 32.2. The van der Waals surface area contributed by atoms with Crippen LogP contribution < -0.4 is 15.6 Å². The molecule has 0 bridgehead atoms. The van der Waals surface area contributed by atoms with Gasteiger partial charge in [0.2, 0.25) is 5.91 Å². The lowest BCUT2D eigenvalue weighted by molar-refractivity contribution is -0.121. The third-order valence-electron chi connectivity index (χ3n) is 6.04. The van der Waals surface area contributed by atoms with Gasteiger partial charge in [0.05, 0.1) is 24.2 Å². The molecule has 0 saturated carbocycles. The van der Waals surface area contributed by atoms with E-state index in [2.05, 4.69) is 22.4 Å². The largest absolute Gasteiger partial charge is 0.497 e. The molecule has 0 aliphatic carbocycles. The van der Waals surface area contributed by atoms with E-state index in [1.807, 2.05) is 72.4 Å². The molecular formula is C27H25N3O3S. The average Bonchev–Trinajstić information content (AvgIpc) is 2.88. The number of methoxy groups -OCH3 is 1. The number of fused-ring (bicyclic) bond motifs is 2. The lowest BCUT2D eigenvalue weighted by Crippen LogP contribution is -2.32. The van der Waals surface area contributed by atoms with Crippen molar-refractivity contribution in [3.63, 3.8) is 0 Å². The summed E-state index contributed by atoms with van der Waals surface area (Å²) in [5.41, 5.74) is 3.50. The number of para-hydroxylation sites is 2. The van der Waals surface area contributed by atoms with Gasteiger partial charge >= 0.3 is 0 Å². The first kappa shape index (κ1) is 22.2. The third-order valence-corrected chi connectivity index (χ3v) is 7.16. The van der Waals surface area contributed by atoms with Crippen molar-refractivity contribution in [1.82, 2.24) is 14.9 Å². The topological polar surface area (TPSA) is 73.2 Å². The maximum Gasteiger partial charge on any atom is 0.277 e. The number of ether oxygens (including phenoxy) is 1. The molecule has 1 unspecified atom stereocenters. The van der Waals surface area contributed by atoms with Crippen LogP contribution in [0.3, 0.4) is 0 Å². The molecule has 0 saturated heterocycles. The van der Waals surface area contributed by atoms with Crippen molar-refractivity contribution in [1.29, 1.82) is 0 Å². The fourth-order valence-electron chi connectivity index (χ4n) is 4.32. The summed E-state index contributed by atoms with van der Waals surface area (Å²) in [5.74, 6) is 1.62. The maximum absolute atomic E-state index is 13.4. The van der Waals surface area contributed by atoms with Crippen molar-refractivity contribution in [3.05, 3.63) is 94.4 Å². The van der Waals surface area contributed by atoms with Gasteiger partial charge in [0.25, 0.3) is 5.56 Å². The highest BCUT2D eigenvalue weighted by Gasteiger charge is 2.22. The molecule has 7 heteroatoms. The van der Waals surface area contributed by atoms with Crippen LogP contribution in [0.25, 0.3) is 16.7 Å². The Balaban J connectivity index is 1.40. The molecule has 2 heterocycles. The first-order chi connectivity index (χ1) is 16.6. The van der Waals surface area contributed by atoms with Crippen LogP contribution >= 0.6 is 11.8 Å². The average molecular weight is 472 g/mol. The number of carbonyl (C=O) groups is 1. The molecule has 1 aromatic heterocycles. The van der Waals surface area contributed by atoms with Gasteiger partial charge in [-0.15, -0.1) is 11.8 Å². The Morgan fingerprint density at radius 2 is 1.85 bits per heavy atom. The number of hydrogen-bond donors (Lipinski definition) is 1. The Hall–Kier alpha value is -3.58. The molecule has 1 aliphatic heterocycles. The molecule has 1 aliphatic rings. The number of benzene rings is 3. The Bertz CT molecular complexity index is 1400. The number of nitrogens with one attached hydrogen (secondary N) is 1.